The summed E-state index contributed by atoms with van der Waals surface area (Å²) in [6, 6.07) is 9.24. The molecule has 0 fully saturated rings. The molecule has 148 valence electrons. The van der Waals surface area contributed by atoms with Gasteiger partial charge in [-0.1, -0.05) is 12.1 Å². The molecule has 0 radical (unpaired) electrons. The average molecular weight is 418 g/mol. The van der Waals surface area contributed by atoms with Crippen LogP contribution in [-0.2, 0) is 22.6 Å². The average Bonchev–Trinajstić information content (AvgIpc) is 3.15. The quantitative estimate of drug-likeness (QED) is 0.751. The maximum atomic E-state index is 12.5. The Balaban J connectivity index is 1.52. The highest BCUT2D eigenvalue weighted by molar-refractivity contribution is 8.13. The fourth-order valence-electron chi connectivity index (χ4n) is 2.90. The topological polar surface area (TPSA) is 69.7 Å². The first-order valence-electron chi connectivity index (χ1n) is 9.05. The first kappa shape index (κ1) is 20.4. The van der Waals surface area contributed by atoms with E-state index in [0.717, 1.165) is 18.2 Å². The third kappa shape index (κ3) is 5.14. The number of nitrogens with one attached hydrogen (secondary N) is 1. The summed E-state index contributed by atoms with van der Waals surface area (Å²) in [4.78, 5) is 42.1. The molecule has 28 heavy (non-hydrogen) atoms. The number of hydrogen-bond donors (Lipinski definition) is 1. The molecule has 0 aliphatic carbocycles. The number of thioether (sulfide) groups is 1. The molecule has 3 amide bonds. The minimum Gasteiger partial charge on any atom is -0.339 e. The normalized spacial score (nSPS) is 13.0. The lowest BCUT2D eigenvalue weighted by atomic mass is 10.1. The molecule has 0 bridgehead atoms. The molecule has 3 rings (SSSR count). The number of thiophene rings is 1. The van der Waals surface area contributed by atoms with Gasteiger partial charge in [-0.05, 0) is 47.3 Å². The molecule has 2 heterocycles. The Morgan fingerprint density at radius 3 is 2.75 bits per heavy atom. The highest BCUT2D eigenvalue weighted by atomic mass is 32.2. The molecule has 0 saturated carbocycles. The van der Waals surface area contributed by atoms with E-state index in [4.69, 9.17) is 0 Å². The maximum Gasteiger partial charge on any atom is 0.286 e. The zero-order valence-electron chi connectivity index (χ0n) is 15.9. The molecule has 6 nitrogen and oxygen atoms in total. The van der Waals surface area contributed by atoms with Crippen molar-refractivity contribution in [3.63, 3.8) is 0 Å². The minimum absolute atomic E-state index is 0.00237. The molecule has 1 aromatic carbocycles. The number of para-hydroxylation sites is 1. The number of rotatable bonds is 5. The van der Waals surface area contributed by atoms with E-state index in [0.29, 0.717) is 23.7 Å². The van der Waals surface area contributed by atoms with Gasteiger partial charge in [0.05, 0.1) is 5.69 Å². The SMILES string of the molecule is CN(C)C(=O)Sc1ccccc1NC(=O)CCC(=O)N1CCc2sccc2C1. The van der Waals surface area contributed by atoms with E-state index in [-0.39, 0.29) is 29.9 Å². The van der Waals surface area contributed by atoms with Crippen LogP contribution < -0.4 is 5.32 Å². The second kappa shape index (κ2) is 9.25. The van der Waals surface area contributed by atoms with E-state index >= 15 is 0 Å². The predicted octanol–water partition coefficient (Wildman–Crippen LogP) is 3.83. The number of fused-ring (bicyclic) bond motifs is 1. The van der Waals surface area contributed by atoms with Crippen LogP contribution in [0.2, 0.25) is 0 Å². The Bertz CT molecular complexity index is 879. The summed E-state index contributed by atoms with van der Waals surface area (Å²) in [7, 11) is 3.36. The van der Waals surface area contributed by atoms with Crippen LogP contribution in [0.15, 0.2) is 40.6 Å². The van der Waals surface area contributed by atoms with E-state index in [1.165, 1.54) is 15.3 Å². The van der Waals surface area contributed by atoms with E-state index < -0.39 is 0 Å². The Hall–Kier alpha value is -2.32. The second-order valence-corrected chi connectivity index (χ2v) is 8.73. The largest absolute Gasteiger partial charge is 0.339 e. The van der Waals surface area contributed by atoms with Gasteiger partial charge in [0.2, 0.25) is 11.8 Å². The zero-order valence-corrected chi connectivity index (χ0v) is 17.6. The van der Waals surface area contributed by atoms with Gasteiger partial charge < -0.3 is 15.1 Å². The van der Waals surface area contributed by atoms with Crippen LogP contribution in [0.25, 0.3) is 0 Å². The van der Waals surface area contributed by atoms with E-state index in [2.05, 4.69) is 16.8 Å². The third-order valence-corrected chi connectivity index (χ3v) is 6.59. The van der Waals surface area contributed by atoms with Crippen molar-refractivity contribution in [1.82, 2.24) is 9.80 Å². The second-order valence-electron chi connectivity index (χ2n) is 6.74. The molecule has 1 N–H and O–H groups in total. The first-order valence-corrected chi connectivity index (χ1v) is 10.7. The van der Waals surface area contributed by atoms with E-state index in [1.807, 2.05) is 11.0 Å². The molecular weight excluding hydrogens is 394 g/mol. The van der Waals surface area contributed by atoms with Crippen LogP contribution in [0.4, 0.5) is 10.5 Å². The fourth-order valence-corrected chi connectivity index (χ4v) is 4.53. The standard InChI is InChI=1S/C20H23N3O3S2/c1-22(2)20(26)28-17-6-4-3-5-15(17)21-18(24)7-8-19(25)23-11-9-16-14(13-23)10-12-27-16/h3-6,10,12H,7-9,11,13H2,1-2H3,(H,21,24). The van der Waals surface area contributed by atoms with Crippen molar-refractivity contribution in [1.29, 1.82) is 0 Å². The van der Waals surface area contributed by atoms with Gasteiger partial charge in [0.25, 0.3) is 5.24 Å². The lowest BCUT2D eigenvalue weighted by molar-refractivity contribution is -0.133. The molecular formula is C20H23N3O3S2. The lowest BCUT2D eigenvalue weighted by Gasteiger charge is -2.27. The summed E-state index contributed by atoms with van der Waals surface area (Å²) in [5, 5.41) is 4.77. The molecule has 2 aromatic rings. The molecule has 0 saturated heterocycles. The van der Waals surface area contributed by atoms with Gasteiger partial charge in [0, 0.05) is 49.8 Å². The number of anilines is 1. The molecule has 0 spiro atoms. The summed E-state index contributed by atoms with van der Waals surface area (Å²) < 4.78 is 0. The summed E-state index contributed by atoms with van der Waals surface area (Å²) in [5.41, 5.74) is 1.80. The van der Waals surface area contributed by atoms with Gasteiger partial charge in [-0.2, -0.15) is 0 Å². The number of hydrogen-bond acceptors (Lipinski definition) is 5. The van der Waals surface area contributed by atoms with E-state index in [1.54, 1.807) is 43.6 Å². The van der Waals surface area contributed by atoms with Crippen LogP contribution in [0.1, 0.15) is 23.3 Å². The molecule has 0 atom stereocenters. The van der Waals surface area contributed by atoms with Crippen molar-refractivity contribution in [3.8, 4) is 0 Å². The Morgan fingerprint density at radius 1 is 1.18 bits per heavy atom. The van der Waals surface area contributed by atoms with Crippen LogP contribution in [-0.4, -0.2) is 47.5 Å². The zero-order chi connectivity index (χ0) is 20.1. The van der Waals surface area contributed by atoms with Gasteiger partial charge in [-0.15, -0.1) is 11.3 Å². The summed E-state index contributed by atoms with van der Waals surface area (Å²) in [5.74, 6) is -0.232. The number of benzene rings is 1. The van der Waals surface area contributed by atoms with Crippen molar-refractivity contribution >= 4 is 45.8 Å². The van der Waals surface area contributed by atoms with Gasteiger partial charge >= 0.3 is 0 Å². The summed E-state index contributed by atoms with van der Waals surface area (Å²) >= 11 is 2.79. The Kier molecular flexibility index (Phi) is 6.74. The van der Waals surface area contributed by atoms with Gasteiger partial charge in [-0.25, -0.2) is 0 Å². The van der Waals surface area contributed by atoms with E-state index in [9.17, 15) is 14.4 Å². The lowest BCUT2D eigenvalue weighted by Crippen LogP contribution is -2.35. The van der Waals surface area contributed by atoms with Gasteiger partial charge in [-0.3, -0.25) is 14.4 Å². The Labute approximate surface area is 172 Å². The number of amides is 3. The molecule has 1 aliphatic rings. The van der Waals surface area contributed by atoms with Crippen molar-refractivity contribution in [2.75, 3.05) is 26.0 Å². The smallest absolute Gasteiger partial charge is 0.286 e. The van der Waals surface area contributed by atoms with Gasteiger partial charge in [0.15, 0.2) is 0 Å². The van der Waals surface area contributed by atoms with Crippen molar-refractivity contribution < 1.29 is 14.4 Å². The molecule has 0 unspecified atom stereocenters. The first-order chi connectivity index (χ1) is 13.4. The Morgan fingerprint density at radius 2 is 1.96 bits per heavy atom. The predicted molar refractivity (Wildman–Crippen MR) is 113 cm³/mol. The fraction of sp³-hybridized carbons (Fsp3) is 0.350. The van der Waals surface area contributed by atoms with Crippen LogP contribution >= 0.6 is 23.1 Å². The number of nitrogens with zero attached hydrogens (tertiary/aromatic N) is 2. The highest BCUT2D eigenvalue weighted by Gasteiger charge is 2.22. The number of carbonyl (C=O) groups is 3. The molecule has 8 heteroatoms. The van der Waals surface area contributed by atoms with Gasteiger partial charge in [0.1, 0.15) is 0 Å². The maximum absolute atomic E-state index is 12.5. The molecule has 1 aliphatic heterocycles. The summed E-state index contributed by atoms with van der Waals surface area (Å²) in [6.07, 6.45) is 1.18. The van der Waals surface area contributed by atoms with Crippen molar-refractivity contribution in [2.24, 2.45) is 0 Å². The van der Waals surface area contributed by atoms with Crippen molar-refractivity contribution in [2.45, 2.75) is 30.7 Å². The van der Waals surface area contributed by atoms with Crippen molar-refractivity contribution in [3.05, 3.63) is 46.2 Å². The monoisotopic (exact) mass is 417 g/mol. The highest BCUT2D eigenvalue weighted by Crippen LogP contribution is 2.29. The summed E-state index contributed by atoms with van der Waals surface area (Å²) in [6.45, 7) is 1.34. The number of carbonyl (C=O) groups excluding carboxylic acids is 3. The minimum atomic E-state index is -0.230. The van der Waals surface area contributed by atoms with Crippen LogP contribution in [0, 0.1) is 0 Å². The van der Waals surface area contributed by atoms with Crippen LogP contribution in [0.5, 0.6) is 0 Å². The molecule has 1 aromatic heterocycles. The third-order valence-electron chi connectivity index (χ3n) is 4.45. The van der Waals surface area contributed by atoms with Crippen LogP contribution in [0.3, 0.4) is 0 Å².